The molecule has 0 bridgehead atoms. The summed E-state index contributed by atoms with van der Waals surface area (Å²) in [5.74, 6) is 1.45. The van der Waals surface area contributed by atoms with Crippen molar-refractivity contribution < 1.29 is 24.1 Å². The number of ether oxygens (including phenoxy) is 3. The molecule has 1 aromatic carbocycles. The molecular formula is C25H34N2O5. The monoisotopic (exact) mass is 442 g/mol. The van der Waals surface area contributed by atoms with Crippen LogP contribution < -0.4 is 10.1 Å². The highest BCUT2D eigenvalue weighted by molar-refractivity contribution is 5.76. The van der Waals surface area contributed by atoms with E-state index in [4.69, 9.17) is 14.2 Å². The third-order valence-electron chi connectivity index (χ3n) is 6.25. The summed E-state index contributed by atoms with van der Waals surface area (Å²) in [5, 5.41) is 14.3. The lowest BCUT2D eigenvalue weighted by atomic mass is 9.92. The van der Waals surface area contributed by atoms with E-state index in [0.717, 1.165) is 48.6 Å². The van der Waals surface area contributed by atoms with Crippen LogP contribution in [0, 0.1) is 6.92 Å². The first-order valence-electron chi connectivity index (χ1n) is 11.6. The number of rotatable bonds is 9. The van der Waals surface area contributed by atoms with Crippen molar-refractivity contribution in [2.45, 2.75) is 50.9 Å². The van der Waals surface area contributed by atoms with E-state index in [1.807, 2.05) is 43.3 Å². The fourth-order valence-electron chi connectivity index (χ4n) is 4.43. The summed E-state index contributed by atoms with van der Waals surface area (Å²) in [6, 6.07) is 7.39. The van der Waals surface area contributed by atoms with Gasteiger partial charge in [-0.2, -0.15) is 0 Å². The van der Waals surface area contributed by atoms with Gasteiger partial charge in [-0.05, 0) is 56.6 Å². The number of aliphatic hydroxyl groups excluding tert-OH is 1. The van der Waals surface area contributed by atoms with Crippen molar-refractivity contribution in [3.05, 3.63) is 53.3 Å². The SMILES string of the molecule is Cc1ccc(OCCC(=O)NC(CN2CCCC2)[C@H](O)C2=CC=C3OCCO[C@@H]3C2)cc1. The van der Waals surface area contributed by atoms with Crippen LogP contribution in [0.5, 0.6) is 5.75 Å². The summed E-state index contributed by atoms with van der Waals surface area (Å²) in [6.45, 7) is 6.06. The Kier molecular flexibility index (Phi) is 7.84. The predicted molar refractivity (Wildman–Crippen MR) is 121 cm³/mol. The second-order valence-electron chi connectivity index (χ2n) is 8.76. The van der Waals surface area contributed by atoms with Crippen molar-refractivity contribution >= 4 is 5.91 Å². The van der Waals surface area contributed by atoms with Crippen LogP contribution in [0.4, 0.5) is 0 Å². The van der Waals surface area contributed by atoms with Crippen LogP contribution in [-0.2, 0) is 14.3 Å². The normalized spacial score (nSPS) is 22.8. The molecule has 1 aliphatic carbocycles. The molecule has 174 valence electrons. The van der Waals surface area contributed by atoms with E-state index in [1.165, 1.54) is 0 Å². The lowest BCUT2D eigenvalue weighted by Crippen LogP contribution is -2.51. The number of amides is 1. The summed E-state index contributed by atoms with van der Waals surface area (Å²) in [6.07, 6.45) is 6.00. The van der Waals surface area contributed by atoms with Crippen LogP contribution in [0.3, 0.4) is 0 Å². The molecule has 7 heteroatoms. The summed E-state index contributed by atoms with van der Waals surface area (Å²) in [7, 11) is 0. The third kappa shape index (κ3) is 6.12. The van der Waals surface area contributed by atoms with Crippen molar-refractivity contribution in [3.8, 4) is 5.75 Å². The zero-order valence-corrected chi connectivity index (χ0v) is 18.8. The number of nitrogens with zero attached hydrogens (tertiary/aromatic N) is 1. The Morgan fingerprint density at radius 1 is 1.22 bits per heavy atom. The van der Waals surface area contributed by atoms with E-state index in [0.29, 0.717) is 32.8 Å². The number of fused-ring (bicyclic) bond motifs is 1. The molecule has 32 heavy (non-hydrogen) atoms. The Morgan fingerprint density at radius 3 is 2.78 bits per heavy atom. The summed E-state index contributed by atoms with van der Waals surface area (Å²) in [4.78, 5) is 15.0. The lowest BCUT2D eigenvalue weighted by molar-refractivity contribution is -0.123. The smallest absolute Gasteiger partial charge is 0.223 e. The Hall–Kier alpha value is -2.35. The number of nitrogens with one attached hydrogen (secondary N) is 1. The van der Waals surface area contributed by atoms with Gasteiger partial charge in [-0.25, -0.2) is 0 Å². The fraction of sp³-hybridized carbons (Fsp3) is 0.560. The molecule has 2 heterocycles. The van der Waals surface area contributed by atoms with Crippen LogP contribution >= 0.6 is 0 Å². The molecule has 0 radical (unpaired) electrons. The van der Waals surface area contributed by atoms with Crippen LogP contribution in [0.2, 0.25) is 0 Å². The summed E-state index contributed by atoms with van der Waals surface area (Å²) >= 11 is 0. The van der Waals surface area contributed by atoms with E-state index in [1.54, 1.807) is 0 Å². The van der Waals surface area contributed by atoms with Gasteiger partial charge in [0, 0.05) is 13.0 Å². The molecule has 4 rings (SSSR count). The van der Waals surface area contributed by atoms with E-state index >= 15 is 0 Å². The van der Waals surface area contributed by atoms with Crippen LogP contribution in [0.1, 0.15) is 31.2 Å². The van der Waals surface area contributed by atoms with Gasteiger partial charge in [0.05, 0.1) is 31.8 Å². The number of benzene rings is 1. The van der Waals surface area contributed by atoms with Crippen LogP contribution in [0.25, 0.3) is 0 Å². The second kappa shape index (κ2) is 11.0. The van der Waals surface area contributed by atoms with Crippen molar-refractivity contribution in [2.24, 2.45) is 0 Å². The summed E-state index contributed by atoms with van der Waals surface area (Å²) in [5.41, 5.74) is 2.03. The van der Waals surface area contributed by atoms with Crippen molar-refractivity contribution in [1.29, 1.82) is 0 Å². The fourth-order valence-corrected chi connectivity index (χ4v) is 4.43. The lowest BCUT2D eigenvalue weighted by Gasteiger charge is -2.34. The van der Waals surface area contributed by atoms with Gasteiger partial charge in [0.25, 0.3) is 0 Å². The molecule has 3 atom stereocenters. The second-order valence-corrected chi connectivity index (χ2v) is 8.76. The molecule has 2 N–H and O–H groups in total. The highest BCUT2D eigenvalue weighted by atomic mass is 16.6. The van der Waals surface area contributed by atoms with E-state index < -0.39 is 6.10 Å². The van der Waals surface area contributed by atoms with E-state index in [2.05, 4.69) is 10.2 Å². The molecule has 1 unspecified atom stereocenters. The van der Waals surface area contributed by atoms with E-state index in [9.17, 15) is 9.90 Å². The number of carbonyl (C=O) groups excluding carboxylic acids is 1. The van der Waals surface area contributed by atoms with Gasteiger partial charge in [0.15, 0.2) is 0 Å². The van der Waals surface area contributed by atoms with E-state index in [-0.39, 0.29) is 24.5 Å². The number of allylic oxidation sites excluding steroid dienone is 2. The van der Waals surface area contributed by atoms with Crippen molar-refractivity contribution in [3.63, 3.8) is 0 Å². The van der Waals surface area contributed by atoms with Crippen LogP contribution in [0.15, 0.2) is 47.7 Å². The Labute approximate surface area is 190 Å². The zero-order chi connectivity index (χ0) is 22.3. The minimum atomic E-state index is -0.777. The van der Waals surface area contributed by atoms with Gasteiger partial charge in [-0.15, -0.1) is 0 Å². The maximum atomic E-state index is 12.7. The van der Waals surface area contributed by atoms with Gasteiger partial charge >= 0.3 is 0 Å². The topological polar surface area (TPSA) is 80.3 Å². The number of hydrogen-bond donors (Lipinski definition) is 2. The average molecular weight is 443 g/mol. The molecule has 7 nitrogen and oxygen atoms in total. The number of likely N-dealkylation sites (tertiary alicyclic amines) is 1. The third-order valence-corrected chi connectivity index (χ3v) is 6.25. The Balaban J connectivity index is 1.35. The number of carbonyl (C=O) groups is 1. The summed E-state index contributed by atoms with van der Waals surface area (Å²) < 4.78 is 17.1. The maximum absolute atomic E-state index is 12.7. The van der Waals surface area contributed by atoms with Gasteiger partial charge in [0.2, 0.25) is 5.91 Å². The molecule has 1 amide bonds. The van der Waals surface area contributed by atoms with Gasteiger partial charge in [-0.3, -0.25) is 4.79 Å². The van der Waals surface area contributed by atoms with Gasteiger partial charge < -0.3 is 29.5 Å². The molecule has 2 saturated heterocycles. The quantitative estimate of drug-likeness (QED) is 0.611. The highest BCUT2D eigenvalue weighted by Crippen LogP contribution is 2.28. The zero-order valence-electron chi connectivity index (χ0n) is 18.8. The molecule has 0 saturated carbocycles. The standard InChI is InChI=1S/C25H34N2O5/c1-18-4-7-20(8-5-18)30-13-10-24(28)26-21(17-27-11-2-3-12-27)25(29)19-6-9-22-23(16-19)32-15-14-31-22/h4-9,21,23,25,29H,2-3,10-17H2,1H3,(H,26,28)/t21?,23-,25-/m1/s1. The number of hydrogen-bond acceptors (Lipinski definition) is 6. The number of aryl methyl sites for hydroxylation is 1. The first-order chi connectivity index (χ1) is 15.6. The molecular weight excluding hydrogens is 408 g/mol. The minimum absolute atomic E-state index is 0.120. The van der Waals surface area contributed by atoms with Crippen LogP contribution in [-0.4, -0.2) is 73.6 Å². The Bertz CT molecular complexity index is 829. The van der Waals surface area contributed by atoms with Crippen molar-refractivity contribution in [1.82, 2.24) is 10.2 Å². The average Bonchev–Trinajstić information content (AvgIpc) is 3.32. The first kappa shape index (κ1) is 22.8. The van der Waals surface area contributed by atoms with Crippen molar-refractivity contribution in [2.75, 3.05) is 39.5 Å². The molecule has 2 aliphatic heterocycles. The molecule has 1 aromatic rings. The van der Waals surface area contributed by atoms with Gasteiger partial charge in [-0.1, -0.05) is 23.8 Å². The molecule has 0 spiro atoms. The minimum Gasteiger partial charge on any atom is -0.493 e. The molecule has 3 aliphatic rings. The molecule has 2 fully saturated rings. The number of aliphatic hydroxyl groups is 1. The maximum Gasteiger partial charge on any atom is 0.223 e. The highest BCUT2D eigenvalue weighted by Gasteiger charge is 2.32. The first-order valence-corrected chi connectivity index (χ1v) is 11.6. The van der Waals surface area contributed by atoms with Gasteiger partial charge in [0.1, 0.15) is 24.2 Å². The largest absolute Gasteiger partial charge is 0.493 e. The predicted octanol–water partition coefficient (Wildman–Crippen LogP) is 2.33. The molecule has 0 aromatic heterocycles. The Morgan fingerprint density at radius 2 is 2.00 bits per heavy atom.